The van der Waals surface area contributed by atoms with E-state index in [1.807, 2.05) is 31.2 Å². The molecule has 90 valence electrons. The molecule has 0 aliphatic rings. The molecule has 0 heterocycles. The van der Waals surface area contributed by atoms with E-state index in [-0.39, 0.29) is 12.6 Å². The van der Waals surface area contributed by atoms with Crippen LogP contribution in [0.15, 0.2) is 24.3 Å². The highest BCUT2D eigenvalue weighted by Gasteiger charge is 2.00. The molecule has 0 unspecified atom stereocenters. The standard InChI is InChI=1S/C12H19NO3/c1-10(13)11-3-2-4-12(9-11)16-8-7-15-6-5-14/h2-4,9-10,14H,5-8,13H2,1H3/t10-/m0/s1. The summed E-state index contributed by atoms with van der Waals surface area (Å²) in [4.78, 5) is 0. The number of hydrogen-bond acceptors (Lipinski definition) is 4. The Morgan fingerprint density at radius 1 is 1.31 bits per heavy atom. The second kappa shape index (κ2) is 7.22. The molecule has 16 heavy (non-hydrogen) atoms. The number of aliphatic hydroxyl groups is 1. The average Bonchev–Trinajstić information content (AvgIpc) is 2.29. The summed E-state index contributed by atoms with van der Waals surface area (Å²) in [5, 5.41) is 8.50. The normalized spacial score (nSPS) is 12.4. The third-order valence-corrected chi connectivity index (χ3v) is 2.12. The highest BCUT2D eigenvalue weighted by molar-refractivity contribution is 5.30. The molecule has 0 aliphatic carbocycles. The van der Waals surface area contributed by atoms with Crippen LogP contribution in [0, 0.1) is 0 Å². The smallest absolute Gasteiger partial charge is 0.119 e. The maximum atomic E-state index is 8.50. The minimum atomic E-state index is 0.00851. The zero-order valence-electron chi connectivity index (χ0n) is 9.56. The molecule has 0 saturated carbocycles. The van der Waals surface area contributed by atoms with Crippen molar-refractivity contribution >= 4 is 0 Å². The SMILES string of the molecule is C[C@H](N)c1cccc(OCCOCCO)c1. The molecule has 0 spiro atoms. The Morgan fingerprint density at radius 3 is 2.81 bits per heavy atom. The third-order valence-electron chi connectivity index (χ3n) is 2.12. The second-order valence-corrected chi connectivity index (χ2v) is 3.55. The fraction of sp³-hybridized carbons (Fsp3) is 0.500. The van der Waals surface area contributed by atoms with Gasteiger partial charge in [0.25, 0.3) is 0 Å². The first-order chi connectivity index (χ1) is 7.74. The van der Waals surface area contributed by atoms with Crippen LogP contribution in [0.5, 0.6) is 5.75 Å². The Hall–Kier alpha value is -1.10. The lowest BCUT2D eigenvalue weighted by Gasteiger charge is -2.10. The third kappa shape index (κ3) is 4.61. The van der Waals surface area contributed by atoms with Crippen molar-refractivity contribution in [1.29, 1.82) is 0 Å². The molecule has 0 bridgehead atoms. The van der Waals surface area contributed by atoms with Gasteiger partial charge in [0.15, 0.2) is 0 Å². The summed E-state index contributed by atoms with van der Waals surface area (Å²) in [5.41, 5.74) is 6.82. The Balaban J connectivity index is 2.33. The van der Waals surface area contributed by atoms with Gasteiger partial charge in [-0.1, -0.05) is 12.1 Å². The Labute approximate surface area is 96.0 Å². The summed E-state index contributed by atoms with van der Waals surface area (Å²) < 4.78 is 10.6. The fourth-order valence-electron chi connectivity index (χ4n) is 1.27. The molecule has 0 saturated heterocycles. The number of ether oxygens (including phenoxy) is 2. The quantitative estimate of drug-likeness (QED) is 0.682. The minimum Gasteiger partial charge on any atom is -0.491 e. The van der Waals surface area contributed by atoms with Crippen molar-refractivity contribution < 1.29 is 14.6 Å². The number of rotatable bonds is 7. The number of benzene rings is 1. The summed E-state index contributed by atoms with van der Waals surface area (Å²) in [7, 11) is 0. The van der Waals surface area contributed by atoms with E-state index in [0.29, 0.717) is 19.8 Å². The summed E-state index contributed by atoms with van der Waals surface area (Å²) in [6.07, 6.45) is 0. The maximum Gasteiger partial charge on any atom is 0.119 e. The summed E-state index contributed by atoms with van der Waals surface area (Å²) >= 11 is 0. The zero-order chi connectivity index (χ0) is 11.8. The van der Waals surface area contributed by atoms with E-state index in [1.54, 1.807) is 0 Å². The van der Waals surface area contributed by atoms with Crippen LogP contribution in [-0.4, -0.2) is 31.5 Å². The highest BCUT2D eigenvalue weighted by Crippen LogP contribution is 2.17. The molecule has 1 aromatic rings. The van der Waals surface area contributed by atoms with Crippen LogP contribution in [0.4, 0.5) is 0 Å². The van der Waals surface area contributed by atoms with E-state index in [0.717, 1.165) is 11.3 Å². The van der Waals surface area contributed by atoms with Crippen molar-refractivity contribution in [3.63, 3.8) is 0 Å². The fourth-order valence-corrected chi connectivity index (χ4v) is 1.27. The average molecular weight is 225 g/mol. The summed E-state index contributed by atoms with van der Waals surface area (Å²) in [6.45, 7) is 3.28. The predicted octanol–water partition coefficient (Wildman–Crippen LogP) is 1.09. The van der Waals surface area contributed by atoms with E-state index < -0.39 is 0 Å². The van der Waals surface area contributed by atoms with E-state index in [4.69, 9.17) is 20.3 Å². The van der Waals surface area contributed by atoms with Gasteiger partial charge in [0.1, 0.15) is 12.4 Å². The number of nitrogens with two attached hydrogens (primary N) is 1. The lowest BCUT2D eigenvalue weighted by Crippen LogP contribution is -2.10. The molecule has 0 aliphatic heterocycles. The van der Waals surface area contributed by atoms with E-state index in [2.05, 4.69) is 0 Å². The minimum absolute atomic E-state index is 0.00851. The van der Waals surface area contributed by atoms with Crippen molar-refractivity contribution in [2.75, 3.05) is 26.4 Å². The molecule has 0 amide bonds. The van der Waals surface area contributed by atoms with Crippen molar-refractivity contribution in [1.82, 2.24) is 0 Å². The molecule has 1 atom stereocenters. The lowest BCUT2D eigenvalue weighted by atomic mass is 10.1. The van der Waals surface area contributed by atoms with Gasteiger partial charge in [-0.3, -0.25) is 0 Å². The lowest BCUT2D eigenvalue weighted by molar-refractivity contribution is 0.0705. The Morgan fingerprint density at radius 2 is 2.12 bits per heavy atom. The van der Waals surface area contributed by atoms with Crippen LogP contribution in [0.25, 0.3) is 0 Å². The summed E-state index contributed by atoms with van der Waals surface area (Å²) in [5.74, 6) is 0.794. The summed E-state index contributed by atoms with van der Waals surface area (Å²) in [6, 6.07) is 7.71. The van der Waals surface area contributed by atoms with Crippen molar-refractivity contribution in [2.45, 2.75) is 13.0 Å². The predicted molar refractivity (Wildman–Crippen MR) is 62.4 cm³/mol. The van der Waals surface area contributed by atoms with Crippen molar-refractivity contribution in [3.05, 3.63) is 29.8 Å². The molecule has 1 aromatic carbocycles. The van der Waals surface area contributed by atoms with Gasteiger partial charge in [-0.05, 0) is 24.6 Å². The molecule has 1 rings (SSSR count). The maximum absolute atomic E-state index is 8.50. The monoisotopic (exact) mass is 225 g/mol. The van der Waals surface area contributed by atoms with Crippen molar-refractivity contribution in [3.8, 4) is 5.75 Å². The largest absolute Gasteiger partial charge is 0.491 e. The molecule has 0 fully saturated rings. The van der Waals surface area contributed by atoms with Gasteiger partial charge in [0, 0.05) is 6.04 Å². The Kier molecular flexibility index (Phi) is 5.85. The topological polar surface area (TPSA) is 64.7 Å². The first-order valence-corrected chi connectivity index (χ1v) is 5.41. The van der Waals surface area contributed by atoms with Crippen LogP contribution in [0.3, 0.4) is 0 Å². The van der Waals surface area contributed by atoms with Gasteiger partial charge in [-0.25, -0.2) is 0 Å². The van der Waals surface area contributed by atoms with E-state index >= 15 is 0 Å². The zero-order valence-corrected chi connectivity index (χ0v) is 9.56. The van der Waals surface area contributed by atoms with Gasteiger partial charge in [0.2, 0.25) is 0 Å². The molecular weight excluding hydrogens is 206 g/mol. The van der Waals surface area contributed by atoms with Gasteiger partial charge >= 0.3 is 0 Å². The van der Waals surface area contributed by atoms with Crippen LogP contribution in [-0.2, 0) is 4.74 Å². The number of aliphatic hydroxyl groups excluding tert-OH is 1. The van der Waals surface area contributed by atoms with Crippen LogP contribution >= 0.6 is 0 Å². The molecular formula is C12H19NO3. The van der Waals surface area contributed by atoms with E-state index in [1.165, 1.54) is 0 Å². The molecule has 3 N–H and O–H groups in total. The first-order valence-electron chi connectivity index (χ1n) is 5.41. The van der Waals surface area contributed by atoms with Crippen LogP contribution in [0.2, 0.25) is 0 Å². The molecule has 0 radical (unpaired) electrons. The van der Waals surface area contributed by atoms with Crippen LogP contribution in [0.1, 0.15) is 18.5 Å². The van der Waals surface area contributed by atoms with Gasteiger partial charge in [-0.2, -0.15) is 0 Å². The van der Waals surface area contributed by atoms with Crippen LogP contribution < -0.4 is 10.5 Å². The van der Waals surface area contributed by atoms with Gasteiger partial charge < -0.3 is 20.3 Å². The second-order valence-electron chi connectivity index (χ2n) is 3.55. The van der Waals surface area contributed by atoms with E-state index in [9.17, 15) is 0 Å². The Bertz CT molecular complexity index is 302. The molecule has 4 nitrogen and oxygen atoms in total. The molecule has 0 aromatic heterocycles. The van der Waals surface area contributed by atoms with Gasteiger partial charge in [-0.15, -0.1) is 0 Å². The highest BCUT2D eigenvalue weighted by atomic mass is 16.5. The van der Waals surface area contributed by atoms with Gasteiger partial charge in [0.05, 0.1) is 19.8 Å². The first kappa shape index (κ1) is 13.0. The molecule has 4 heteroatoms. The number of hydrogen-bond donors (Lipinski definition) is 2. The van der Waals surface area contributed by atoms with Crippen molar-refractivity contribution in [2.24, 2.45) is 5.73 Å².